The molecule has 1 heterocycles. The molecule has 0 fully saturated rings. The van der Waals surface area contributed by atoms with Crippen molar-refractivity contribution in [1.82, 2.24) is 4.90 Å². The van der Waals surface area contributed by atoms with Gasteiger partial charge in [0.1, 0.15) is 5.82 Å². The van der Waals surface area contributed by atoms with E-state index in [4.69, 9.17) is 0 Å². The lowest BCUT2D eigenvalue weighted by Crippen LogP contribution is -2.31. The molecule has 0 radical (unpaired) electrons. The van der Waals surface area contributed by atoms with Gasteiger partial charge in [-0.15, -0.1) is 11.3 Å². The average molecular weight is 502 g/mol. The highest BCUT2D eigenvalue weighted by Crippen LogP contribution is 2.27. The number of carbonyl (C=O) groups excluding carboxylic acids is 2. The molecule has 0 bridgehead atoms. The number of nitrogens with zero attached hydrogens (tertiary/aromatic N) is 2. The van der Waals surface area contributed by atoms with Crippen molar-refractivity contribution in [2.45, 2.75) is 20.0 Å². The molecule has 0 atom stereocenters. The molecule has 1 aromatic heterocycles. The van der Waals surface area contributed by atoms with E-state index in [2.05, 4.69) is 5.32 Å². The largest absolute Gasteiger partial charge is 0.377 e. The number of thiophene rings is 1. The first-order valence-corrected chi connectivity index (χ1v) is 12.4. The van der Waals surface area contributed by atoms with Gasteiger partial charge in [-0.3, -0.25) is 9.59 Å². The Morgan fingerprint density at radius 1 is 0.917 bits per heavy atom. The van der Waals surface area contributed by atoms with Crippen LogP contribution in [0.4, 0.5) is 15.8 Å². The Hall–Kier alpha value is -3.97. The average Bonchev–Trinajstić information content (AvgIpc) is 3.40. The van der Waals surface area contributed by atoms with E-state index in [1.165, 1.54) is 23.5 Å². The van der Waals surface area contributed by atoms with Crippen LogP contribution in [-0.4, -0.2) is 30.8 Å². The summed E-state index contributed by atoms with van der Waals surface area (Å²) in [5.74, 6) is -0.618. The molecule has 7 heteroatoms. The van der Waals surface area contributed by atoms with E-state index >= 15 is 0 Å². The van der Waals surface area contributed by atoms with E-state index in [0.29, 0.717) is 29.2 Å². The predicted octanol–water partition coefficient (Wildman–Crippen LogP) is 6.36. The molecule has 36 heavy (non-hydrogen) atoms. The number of amides is 2. The van der Waals surface area contributed by atoms with Gasteiger partial charge in [0, 0.05) is 44.1 Å². The summed E-state index contributed by atoms with van der Waals surface area (Å²) in [6.45, 7) is 2.57. The summed E-state index contributed by atoms with van der Waals surface area (Å²) >= 11 is 1.38. The van der Waals surface area contributed by atoms with Crippen LogP contribution < -0.4 is 10.2 Å². The van der Waals surface area contributed by atoms with E-state index in [1.807, 2.05) is 73.8 Å². The molecule has 0 spiro atoms. The fourth-order valence-corrected chi connectivity index (χ4v) is 4.62. The van der Waals surface area contributed by atoms with Gasteiger partial charge in [0.25, 0.3) is 11.8 Å². The number of hydrogen-bond donors (Lipinski definition) is 1. The van der Waals surface area contributed by atoms with Crippen LogP contribution in [0.3, 0.4) is 0 Å². The maximum Gasteiger partial charge on any atom is 0.265 e. The standard InChI is InChI=1S/C29H28FN3O2S/c1-20-6-4-7-22(16-20)29(35)33(18-21-9-11-24(30)12-10-21)19-23-17-25(13-14-26(23)32(2)3)31-28(34)27-8-5-15-36-27/h4-17H,18-19H2,1-3H3,(H,31,34). The quantitative estimate of drug-likeness (QED) is 0.306. The van der Waals surface area contributed by atoms with Gasteiger partial charge in [0.05, 0.1) is 4.88 Å². The summed E-state index contributed by atoms with van der Waals surface area (Å²) in [5, 5.41) is 4.82. The molecule has 0 aliphatic rings. The first-order chi connectivity index (χ1) is 17.3. The lowest BCUT2D eigenvalue weighted by atomic mass is 10.1. The first kappa shape index (κ1) is 25.1. The summed E-state index contributed by atoms with van der Waals surface area (Å²) in [7, 11) is 3.88. The maximum absolute atomic E-state index is 13.6. The molecule has 5 nitrogen and oxygen atoms in total. The molecule has 0 saturated heterocycles. The van der Waals surface area contributed by atoms with Gasteiger partial charge in [0.2, 0.25) is 0 Å². The van der Waals surface area contributed by atoms with Crippen molar-refractivity contribution in [2.24, 2.45) is 0 Å². The fraction of sp³-hybridized carbons (Fsp3) is 0.172. The van der Waals surface area contributed by atoms with Gasteiger partial charge in [-0.2, -0.15) is 0 Å². The van der Waals surface area contributed by atoms with Crippen molar-refractivity contribution in [3.8, 4) is 0 Å². The van der Waals surface area contributed by atoms with Crippen molar-refractivity contribution < 1.29 is 14.0 Å². The highest BCUT2D eigenvalue weighted by Gasteiger charge is 2.20. The second-order valence-corrected chi connectivity index (χ2v) is 9.77. The lowest BCUT2D eigenvalue weighted by molar-refractivity contribution is 0.0730. The van der Waals surface area contributed by atoms with Crippen molar-refractivity contribution in [1.29, 1.82) is 0 Å². The molecule has 4 rings (SSSR count). The second kappa shape index (κ2) is 11.2. The summed E-state index contributed by atoms with van der Waals surface area (Å²) < 4.78 is 13.5. The number of rotatable bonds is 8. The minimum Gasteiger partial charge on any atom is -0.377 e. The Morgan fingerprint density at radius 3 is 2.36 bits per heavy atom. The van der Waals surface area contributed by atoms with Crippen LogP contribution in [0.1, 0.15) is 36.7 Å². The van der Waals surface area contributed by atoms with Crippen molar-refractivity contribution >= 4 is 34.5 Å². The van der Waals surface area contributed by atoms with Crippen LogP contribution in [0, 0.1) is 12.7 Å². The normalized spacial score (nSPS) is 10.7. The smallest absolute Gasteiger partial charge is 0.265 e. The molecule has 4 aromatic rings. The minimum atomic E-state index is -0.320. The highest BCUT2D eigenvalue weighted by molar-refractivity contribution is 7.12. The van der Waals surface area contributed by atoms with E-state index in [-0.39, 0.29) is 17.6 Å². The third-order valence-electron chi connectivity index (χ3n) is 5.76. The Balaban J connectivity index is 1.67. The first-order valence-electron chi connectivity index (χ1n) is 11.6. The topological polar surface area (TPSA) is 52.7 Å². The number of aryl methyl sites for hydroxylation is 1. The number of anilines is 2. The Bertz CT molecular complexity index is 1350. The van der Waals surface area contributed by atoms with E-state index in [9.17, 15) is 14.0 Å². The number of benzene rings is 3. The van der Waals surface area contributed by atoms with Crippen molar-refractivity contribution in [2.75, 3.05) is 24.3 Å². The summed E-state index contributed by atoms with van der Waals surface area (Å²) in [4.78, 5) is 30.6. The van der Waals surface area contributed by atoms with Gasteiger partial charge in [-0.05, 0) is 72.0 Å². The molecular weight excluding hydrogens is 473 g/mol. The predicted molar refractivity (Wildman–Crippen MR) is 144 cm³/mol. The van der Waals surface area contributed by atoms with Crippen LogP contribution in [0.25, 0.3) is 0 Å². The molecule has 0 aliphatic heterocycles. The molecule has 1 N–H and O–H groups in total. The zero-order chi connectivity index (χ0) is 25.7. The van der Waals surface area contributed by atoms with Gasteiger partial charge in [-0.25, -0.2) is 4.39 Å². The Labute approximate surface area is 214 Å². The number of nitrogens with one attached hydrogen (secondary N) is 1. The third-order valence-corrected chi connectivity index (χ3v) is 6.63. The van der Waals surface area contributed by atoms with Crippen LogP contribution in [-0.2, 0) is 13.1 Å². The van der Waals surface area contributed by atoms with Gasteiger partial charge >= 0.3 is 0 Å². The summed E-state index contributed by atoms with van der Waals surface area (Å²) in [6, 6.07) is 23.0. The molecular formula is C29H28FN3O2S. The highest BCUT2D eigenvalue weighted by atomic mass is 32.1. The lowest BCUT2D eigenvalue weighted by Gasteiger charge is -2.27. The summed E-state index contributed by atoms with van der Waals surface area (Å²) in [5.41, 5.74) is 4.88. The Kier molecular flexibility index (Phi) is 7.80. The van der Waals surface area contributed by atoms with E-state index in [1.54, 1.807) is 29.2 Å². The zero-order valence-corrected chi connectivity index (χ0v) is 21.3. The Morgan fingerprint density at radius 2 is 1.69 bits per heavy atom. The number of carbonyl (C=O) groups is 2. The van der Waals surface area contributed by atoms with E-state index in [0.717, 1.165) is 22.4 Å². The fourth-order valence-electron chi connectivity index (χ4n) is 4.00. The molecule has 0 unspecified atom stereocenters. The van der Waals surface area contributed by atoms with Gasteiger partial charge < -0.3 is 15.1 Å². The molecule has 2 amide bonds. The van der Waals surface area contributed by atoms with Crippen LogP contribution in [0.2, 0.25) is 0 Å². The SMILES string of the molecule is Cc1cccc(C(=O)N(Cc2ccc(F)cc2)Cc2cc(NC(=O)c3cccs3)ccc2N(C)C)c1. The van der Waals surface area contributed by atoms with Crippen LogP contribution >= 0.6 is 11.3 Å². The molecule has 0 saturated carbocycles. The van der Waals surface area contributed by atoms with Crippen LogP contribution in [0.5, 0.6) is 0 Å². The van der Waals surface area contributed by atoms with Gasteiger partial charge in [0.15, 0.2) is 0 Å². The van der Waals surface area contributed by atoms with Crippen molar-refractivity contribution in [3.05, 3.63) is 117 Å². The third kappa shape index (κ3) is 6.17. The van der Waals surface area contributed by atoms with Crippen molar-refractivity contribution in [3.63, 3.8) is 0 Å². The molecule has 184 valence electrons. The number of hydrogen-bond acceptors (Lipinski definition) is 4. The number of halogens is 1. The molecule has 3 aromatic carbocycles. The van der Waals surface area contributed by atoms with E-state index < -0.39 is 0 Å². The summed E-state index contributed by atoms with van der Waals surface area (Å²) in [6.07, 6.45) is 0. The second-order valence-electron chi connectivity index (χ2n) is 8.83. The van der Waals surface area contributed by atoms with Crippen LogP contribution in [0.15, 0.2) is 84.2 Å². The minimum absolute atomic E-state index is 0.124. The molecule has 0 aliphatic carbocycles. The maximum atomic E-state index is 13.6. The monoisotopic (exact) mass is 501 g/mol. The van der Waals surface area contributed by atoms with Gasteiger partial charge in [-0.1, -0.05) is 35.9 Å². The zero-order valence-electron chi connectivity index (χ0n) is 20.5.